The Hall–Kier alpha value is -0.780. The largest absolute Gasteiger partial charge is 0.252 e. The highest BCUT2D eigenvalue weighted by atomic mass is 32.3. The van der Waals surface area contributed by atoms with Gasteiger partial charge in [0.1, 0.15) is 8.42 Å². The Morgan fingerprint density at radius 2 is 1.04 bits per heavy atom. The highest BCUT2D eigenvalue weighted by Gasteiger charge is 2.34. The second kappa shape index (κ2) is 6.50. The molecule has 0 atom stereocenters. The number of piperazine rings is 1. The van der Waals surface area contributed by atoms with Crippen molar-refractivity contribution in [2.75, 3.05) is 26.2 Å². The molecule has 0 N–H and O–H groups in total. The van der Waals surface area contributed by atoms with Gasteiger partial charge in [0, 0.05) is 35.9 Å². The summed E-state index contributed by atoms with van der Waals surface area (Å²) in [6.07, 6.45) is 0. The molecule has 2 aromatic heterocycles. The van der Waals surface area contributed by atoms with E-state index in [4.69, 9.17) is 0 Å². The van der Waals surface area contributed by atoms with Crippen LogP contribution in [0.1, 0.15) is 9.75 Å². The Labute approximate surface area is 150 Å². The Kier molecular flexibility index (Phi) is 4.89. The van der Waals surface area contributed by atoms with Crippen molar-refractivity contribution in [3.8, 4) is 0 Å². The maximum Gasteiger partial charge on any atom is 0.252 e. The van der Waals surface area contributed by atoms with Gasteiger partial charge < -0.3 is 0 Å². The molecule has 6 nitrogen and oxygen atoms in total. The molecule has 1 saturated heterocycles. The number of rotatable bonds is 4. The SMILES string of the molecule is Cc1ccc(S(=O)(=O)N2CCN(S(=O)(=O)c3ccc(C)s3)CC2)s1. The number of nitrogens with zero attached hydrogens (tertiary/aromatic N) is 2. The van der Waals surface area contributed by atoms with E-state index in [0.29, 0.717) is 8.42 Å². The lowest BCUT2D eigenvalue weighted by Gasteiger charge is -2.32. The van der Waals surface area contributed by atoms with Crippen LogP contribution in [0, 0.1) is 13.8 Å². The Balaban J connectivity index is 1.74. The molecule has 0 radical (unpaired) electrons. The maximum atomic E-state index is 12.6. The molecule has 0 spiro atoms. The molecule has 1 aliphatic rings. The topological polar surface area (TPSA) is 74.8 Å². The van der Waals surface area contributed by atoms with Crippen LogP contribution in [-0.4, -0.2) is 51.6 Å². The van der Waals surface area contributed by atoms with Crippen LogP contribution in [0.25, 0.3) is 0 Å². The second-order valence-electron chi connectivity index (χ2n) is 5.54. The van der Waals surface area contributed by atoms with Crippen LogP contribution in [0.15, 0.2) is 32.7 Å². The van der Waals surface area contributed by atoms with Crippen LogP contribution in [0.3, 0.4) is 0 Å². The standard InChI is InChI=1S/C14H18N2O4S4/c1-11-3-5-13(21-11)23(17,18)15-7-9-16(10-8-15)24(19,20)14-6-4-12(2)22-14/h3-6H,7-10H2,1-2H3. The van der Waals surface area contributed by atoms with E-state index >= 15 is 0 Å². The van der Waals surface area contributed by atoms with Crippen LogP contribution in [-0.2, 0) is 20.0 Å². The molecule has 132 valence electrons. The summed E-state index contributed by atoms with van der Waals surface area (Å²) in [4.78, 5) is 1.87. The van der Waals surface area contributed by atoms with Crippen LogP contribution in [0.5, 0.6) is 0 Å². The van der Waals surface area contributed by atoms with Gasteiger partial charge in [-0.25, -0.2) is 16.8 Å². The number of hydrogen-bond acceptors (Lipinski definition) is 6. The molecule has 0 unspecified atom stereocenters. The van der Waals surface area contributed by atoms with Gasteiger partial charge in [-0.1, -0.05) is 0 Å². The summed E-state index contributed by atoms with van der Waals surface area (Å²) in [5.74, 6) is 0. The average Bonchev–Trinajstić information content (AvgIpc) is 3.16. The van der Waals surface area contributed by atoms with E-state index < -0.39 is 20.0 Å². The molecule has 24 heavy (non-hydrogen) atoms. The van der Waals surface area contributed by atoms with Crippen molar-refractivity contribution in [3.63, 3.8) is 0 Å². The molecule has 0 saturated carbocycles. The number of thiophene rings is 2. The molecule has 10 heteroatoms. The first kappa shape index (κ1) is 18.0. The van der Waals surface area contributed by atoms with E-state index in [1.165, 1.54) is 31.3 Å². The van der Waals surface area contributed by atoms with Gasteiger partial charge in [-0.3, -0.25) is 0 Å². The van der Waals surface area contributed by atoms with Gasteiger partial charge >= 0.3 is 0 Å². The van der Waals surface area contributed by atoms with Crippen LogP contribution >= 0.6 is 22.7 Å². The summed E-state index contributed by atoms with van der Waals surface area (Å²) in [5.41, 5.74) is 0. The van der Waals surface area contributed by atoms with Gasteiger partial charge in [-0.15, -0.1) is 22.7 Å². The number of sulfonamides is 2. The molecule has 1 fully saturated rings. The normalized spacial score (nSPS) is 18.1. The quantitative estimate of drug-likeness (QED) is 0.779. The smallest absolute Gasteiger partial charge is 0.206 e. The van der Waals surface area contributed by atoms with Crippen molar-refractivity contribution in [1.82, 2.24) is 8.61 Å². The lowest BCUT2D eigenvalue weighted by Crippen LogP contribution is -2.50. The first-order chi connectivity index (χ1) is 11.2. The van der Waals surface area contributed by atoms with Gasteiger partial charge in [0.05, 0.1) is 0 Å². The molecule has 3 heterocycles. The van der Waals surface area contributed by atoms with Crippen molar-refractivity contribution in [2.45, 2.75) is 22.3 Å². The fourth-order valence-corrected chi connectivity index (χ4v) is 8.23. The third kappa shape index (κ3) is 3.31. The molecular formula is C14H18N2O4S4. The van der Waals surface area contributed by atoms with Crippen LogP contribution in [0.2, 0.25) is 0 Å². The minimum Gasteiger partial charge on any atom is -0.206 e. The van der Waals surface area contributed by atoms with Crippen molar-refractivity contribution in [3.05, 3.63) is 34.0 Å². The van der Waals surface area contributed by atoms with Crippen molar-refractivity contribution < 1.29 is 16.8 Å². The molecule has 0 aromatic carbocycles. The van der Waals surface area contributed by atoms with E-state index in [9.17, 15) is 16.8 Å². The van der Waals surface area contributed by atoms with Gasteiger partial charge in [0.15, 0.2) is 0 Å². The highest BCUT2D eigenvalue weighted by Crippen LogP contribution is 2.28. The van der Waals surface area contributed by atoms with Crippen molar-refractivity contribution in [2.24, 2.45) is 0 Å². The predicted molar refractivity (Wildman–Crippen MR) is 95.6 cm³/mol. The Bertz CT molecular complexity index is 857. The summed E-state index contributed by atoms with van der Waals surface area (Å²) in [6, 6.07) is 6.76. The van der Waals surface area contributed by atoms with E-state index in [1.807, 2.05) is 13.8 Å². The summed E-state index contributed by atoms with van der Waals surface area (Å²) in [5, 5.41) is 0. The van der Waals surface area contributed by atoms with Crippen LogP contribution in [0.4, 0.5) is 0 Å². The first-order valence-corrected chi connectivity index (χ1v) is 11.9. The van der Waals surface area contributed by atoms with Gasteiger partial charge in [0.25, 0.3) is 20.0 Å². The van der Waals surface area contributed by atoms with Crippen molar-refractivity contribution >= 4 is 42.7 Å². The summed E-state index contributed by atoms with van der Waals surface area (Å²) in [6.45, 7) is 4.39. The van der Waals surface area contributed by atoms with Gasteiger partial charge in [-0.05, 0) is 38.1 Å². The minimum absolute atomic E-state index is 0.170. The van der Waals surface area contributed by atoms with Gasteiger partial charge in [-0.2, -0.15) is 8.61 Å². The van der Waals surface area contributed by atoms with E-state index in [-0.39, 0.29) is 26.2 Å². The van der Waals surface area contributed by atoms with Crippen LogP contribution < -0.4 is 0 Å². The Morgan fingerprint density at radius 1 is 0.708 bits per heavy atom. The highest BCUT2D eigenvalue weighted by molar-refractivity contribution is 7.91. The molecular weight excluding hydrogens is 388 g/mol. The fraction of sp³-hybridized carbons (Fsp3) is 0.429. The zero-order valence-electron chi connectivity index (χ0n) is 13.3. The summed E-state index contributed by atoms with van der Waals surface area (Å²) in [7, 11) is -7.08. The number of aryl methyl sites for hydroxylation is 2. The third-order valence-corrected chi connectivity index (χ3v) is 10.6. The molecule has 3 rings (SSSR count). The minimum atomic E-state index is -3.54. The molecule has 1 aliphatic heterocycles. The Morgan fingerprint density at radius 3 is 1.29 bits per heavy atom. The summed E-state index contributed by atoms with van der Waals surface area (Å²) < 4.78 is 53.8. The maximum absolute atomic E-state index is 12.6. The molecule has 2 aromatic rings. The molecule has 0 aliphatic carbocycles. The van der Waals surface area contributed by atoms with Gasteiger partial charge in [0.2, 0.25) is 0 Å². The van der Waals surface area contributed by atoms with E-state index in [1.54, 1.807) is 24.3 Å². The summed E-state index contributed by atoms with van der Waals surface area (Å²) >= 11 is 2.47. The number of hydrogen-bond donors (Lipinski definition) is 0. The van der Waals surface area contributed by atoms with Crippen molar-refractivity contribution in [1.29, 1.82) is 0 Å². The molecule has 0 amide bonds. The first-order valence-electron chi connectivity index (χ1n) is 7.34. The zero-order valence-corrected chi connectivity index (χ0v) is 16.6. The lowest BCUT2D eigenvalue weighted by molar-refractivity contribution is 0.273. The second-order valence-corrected chi connectivity index (χ2v) is 12.4. The van der Waals surface area contributed by atoms with E-state index in [2.05, 4.69) is 0 Å². The fourth-order valence-electron chi connectivity index (χ4n) is 2.51. The molecule has 0 bridgehead atoms. The third-order valence-electron chi connectivity index (χ3n) is 3.82. The van der Waals surface area contributed by atoms with E-state index in [0.717, 1.165) is 9.75 Å². The average molecular weight is 407 g/mol. The monoisotopic (exact) mass is 406 g/mol. The zero-order chi connectivity index (χ0) is 17.5. The predicted octanol–water partition coefficient (Wildman–Crippen LogP) is 2.12. The lowest BCUT2D eigenvalue weighted by atomic mass is 10.4.